The molecule has 0 aliphatic carbocycles. The zero-order valence-electron chi connectivity index (χ0n) is 9.17. The Labute approximate surface area is 85.9 Å². The molecule has 0 bridgehead atoms. The molecule has 0 amide bonds. The van der Waals surface area contributed by atoms with Gasteiger partial charge >= 0.3 is 0 Å². The van der Waals surface area contributed by atoms with Crippen molar-refractivity contribution in [1.82, 2.24) is 0 Å². The molecule has 1 aliphatic rings. The number of benzene rings is 1. The largest absolute Gasteiger partial charge is 0.363 e. The van der Waals surface area contributed by atoms with Crippen LogP contribution in [0.25, 0.3) is 0 Å². The minimum atomic E-state index is 0.482. The summed E-state index contributed by atoms with van der Waals surface area (Å²) in [4.78, 5) is 2.34. The summed E-state index contributed by atoms with van der Waals surface area (Å²) >= 11 is 0. The summed E-state index contributed by atoms with van der Waals surface area (Å²) < 4.78 is 0. The molecular formula is C12H18N2. The van der Waals surface area contributed by atoms with E-state index in [1.54, 1.807) is 0 Å². The number of nitrogens with one attached hydrogen (secondary N) is 1. The molecule has 1 atom stereocenters. The van der Waals surface area contributed by atoms with Gasteiger partial charge in [-0.2, -0.15) is 0 Å². The van der Waals surface area contributed by atoms with Crippen LogP contribution in [0, 0.1) is 6.92 Å². The SMILES string of the molecule is CCCC1Nc2c(C)cccc2N1C. The predicted molar refractivity (Wildman–Crippen MR) is 61.9 cm³/mol. The molecule has 1 unspecified atom stereocenters. The molecule has 0 saturated carbocycles. The Balaban J connectivity index is 2.30. The summed E-state index contributed by atoms with van der Waals surface area (Å²) in [7, 11) is 2.17. The third-order valence-electron chi connectivity index (χ3n) is 2.97. The molecular weight excluding hydrogens is 172 g/mol. The van der Waals surface area contributed by atoms with E-state index < -0.39 is 0 Å². The molecule has 2 rings (SSSR count). The molecule has 0 spiro atoms. The molecule has 0 fully saturated rings. The highest BCUT2D eigenvalue weighted by atomic mass is 15.3. The lowest BCUT2D eigenvalue weighted by atomic mass is 10.2. The van der Waals surface area contributed by atoms with E-state index in [2.05, 4.69) is 49.3 Å². The van der Waals surface area contributed by atoms with Crippen molar-refractivity contribution in [3.63, 3.8) is 0 Å². The predicted octanol–water partition coefficient (Wildman–Crippen LogP) is 2.98. The maximum Gasteiger partial charge on any atom is 0.0988 e. The minimum absolute atomic E-state index is 0.482. The number of fused-ring (bicyclic) bond motifs is 1. The Morgan fingerprint density at radius 3 is 2.86 bits per heavy atom. The maximum atomic E-state index is 3.58. The van der Waals surface area contributed by atoms with Gasteiger partial charge in [-0.05, 0) is 25.0 Å². The second kappa shape index (κ2) is 3.52. The summed E-state index contributed by atoms with van der Waals surface area (Å²) in [6.07, 6.45) is 2.90. The van der Waals surface area contributed by atoms with E-state index in [0.717, 1.165) is 0 Å². The Morgan fingerprint density at radius 2 is 2.21 bits per heavy atom. The van der Waals surface area contributed by atoms with Crippen molar-refractivity contribution in [3.05, 3.63) is 23.8 Å². The topological polar surface area (TPSA) is 15.3 Å². The molecule has 0 aromatic heterocycles. The van der Waals surface area contributed by atoms with Crippen LogP contribution in [0.3, 0.4) is 0 Å². The monoisotopic (exact) mass is 190 g/mol. The highest BCUT2D eigenvalue weighted by Crippen LogP contribution is 2.36. The van der Waals surface area contributed by atoms with E-state index in [0.29, 0.717) is 6.17 Å². The lowest BCUT2D eigenvalue weighted by Gasteiger charge is -2.21. The van der Waals surface area contributed by atoms with Gasteiger partial charge in [0.2, 0.25) is 0 Å². The fourth-order valence-corrected chi connectivity index (χ4v) is 2.10. The number of hydrogen-bond acceptors (Lipinski definition) is 2. The third-order valence-corrected chi connectivity index (χ3v) is 2.97. The van der Waals surface area contributed by atoms with Crippen molar-refractivity contribution in [2.24, 2.45) is 0 Å². The maximum absolute atomic E-state index is 3.58. The van der Waals surface area contributed by atoms with E-state index in [9.17, 15) is 0 Å². The van der Waals surface area contributed by atoms with Crippen LogP contribution in [0.1, 0.15) is 25.3 Å². The van der Waals surface area contributed by atoms with E-state index in [4.69, 9.17) is 0 Å². The van der Waals surface area contributed by atoms with Gasteiger partial charge in [-0.1, -0.05) is 25.5 Å². The van der Waals surface area contributed by atoms with Crippen molar-refractivity contribution >= 4 is 11.4 Å². The molecule has 1 aromatic rings. The first-order valence-electron chi connectivity index (χ1n) is 5.33. The van der Waals surface area contributed by atoms with Gasteiger partial charge in [0.05, 0.1) is 17.5 Å². The van der Waals surface area contributed by atoms with Crippen molar-refractivity contribution in [1.29, 1.82) is 0 Å². The number of rotatable bonds is 2. The van der Waals surface area contributed by atoms with Crippen LogP contribution in [0.2, 0.25) is 0 Å². The first kappa shape index (κ1) is 9.38. The van der Waals surface area contributed by atoms with E-state index in [1.165, 1.54) is 29.8 Å². The van der Waals surface area contributed by atoms with Gasteiger partial charge in [-0.25, -0.2) is 0 Å². The summed E-state index contributed by atoms with van der Waals surface area (Å²) in [5.74, 6) is 0. The molecule has 0 radical (unpaired) electrons. The zero-order valence-corrected chi connectivity index (χ0v) is 9.17. The standard InChI is InChI=1S/C12H18N2/c1-4-6-11-13-12-9(2)7-5-8-10(12)14(11)3/h5,7-8,11,13H,4,6H2,1-3H3. The first-order valence-corrected chi connectivity index (χ1v) is 5.33. The van der Waals surface area contributed by atoms with Crippen molar-refractivity contribution in [2.45, 2.75) is 32.9 Å². The smallest absolute Gasteiger partial charge is 0.0988 e. The van der Waals surface area contributed by atoms with Gasteiger partial charge in [0.1, 0.15) is 0 Å². The van der Waals surface area contributed by atoms with Crippen molar-refractivity contribution in [3.8, 4) is 0 Å². The van der Waals surface area contributed by atoms with E-state index >= 15 is 0 Å². The number of hydrogen-bond donors (Lipinski definition) is 1. The molecule has 1 N–H and O–H groups in total. The molecule has 2 heteroatoms. The van der Waals surface area contributed by atoms with E-state index in [-0.39, 0.29) is 0 Å². The normalized spacial score (nSPS) is 19.4. The molecule has 14 heavy (non-hydrogen) atoms. The van der Waals surface area contributed by atoms with Crippen LogP contribution in [0.15, 0.2) is 18.2 Å². The zero-order chi connectivity index (χ0) is 10.1. The summed E-state index contributed by atoms with van der Waals surface area (Å²) in [5, 5.41) is 3.58. The van der Waals surface area contributed by atoms with E-state index in [1.807, 2.05) is 0 Å². The van der Waals surface area contributed by atoms with Crippen LogP contribution in [0.4, 0.5) is 11.4 Å². The summed E-state index contributed by atoms with van der Waals surface area (Å²) in [5.41, 5.74) is 3.99. The van der Waals surface area contributed by atoms with Crippen LogP contribution in [-0.2, 0) is 0 Å². The molecule has 1 aromatic carbocycles. The van der Waals surface area contributed by atoms with Crippen molar-refractivity contribution in [2.75, 3.05) is 17.3 Å². The highest BCUT2D eigenvalue weighted by Gasteiger charge is 2.25. The fourth-order valence-electron chi connectivity index (χ4n) is 2.10. The average molecular weight is 190 g/mol. The molecule has 0 saturated heterocycles. The second-order valence-electron chi connectivity index (χ2n) is 4.03. The van der Waals surface area contributed by atoms with Crippen LogP contribution in [-0.4, -0.2) is 13.2 Å². The Bertz CT molecular complexity index is 333. The highest BCUT2D eigenvalue weighted by molar-refractivity contribution is 5.78. The third kappa shape index (κ3) is 1.35. The first-order chi connectivity index (χ1) is 6.74. The minimum Gasteiger partial charge on any atom is -0.363 e. The van der Waals surface area contributed by atoms with Gasteiger partial charge in [0, 0.05) is 7.05 Å². The number of para-hydroxylation sites is 1. The summed E-state index contributed by atoms with van der Waals surface area (Å²) in [6.45, 7) is 4.39. The molecule has 76 valence electrons. The molecule has 1 aliphatic heterocycles. The van der Waals surface area contributed by atoms with Crippen LogP contribution >= 0.6 is 0 Å². The van der Waals surface area contributed by atoms with Gasteiger partial charge < -0.3 is 10.2 Å². The van der Waals surface area contributed by atoms with Crippen LogP contribution in [0.5, 0.6) is 0 Å². The van der Waals surface area contributed by atoms with Gasteiger partial charge in [-0.3, -0.25) is 0 Å². The Kier molecular flexibility index (Phi) is 2.36. The number of nitrogens with zero attached hydrogens (tertiary/aromatic N) is 1. The van der Waals surface area contributed by atoms with Crippen LogP contribution < -0.4 is 10.2 Å². The quantitative estimate of drug-likeness (QED) is 0.771. The Hall–Kier alpha value is -1.18. The number of anilines is 2. The second-order valence-corrected chi connectivity index (χ2v) is 4.03. The van der Waals surface area contributed by atoms with Gasteiger partial charge in [0.25, 0.3) is 0 Å². The molecule has 1 heterocycles. The Morgan fingerprint density at radius 1 is 1.43 bits per heavy atom. The van der Waals surface area contributed by atoms with Gasteiger partial charge in [-0.15, -0.1) is 0 Å². The van der Waals surface area contributed by atoms with Gasteiger partial charge in [0.15, 0.2) is 0 Å². The lowest BCUT2D eigenvalue weighted by Crippen LogP contribution is -2.31. The fraction of sp³-hybridized carbons (Fsp3) is 0.500. The lowest BCUT2D eigenvalue weighted by molar-refractivity contribution is 0.648. The molecule has 2 nitrogen and oxygen atoms in total. The summed E-state index contributed by atoms with van der Waals surface area (Å²) in [6, 6.07) is 6.47. The average Bonchev–Trinajstić information content (AvgIpc) is 2.48. The number of aryl methyl sites for hydroxylation is 1. The van der Waals surface area contributed by atoms with Crippen molar-refractivity contribution < 1.29 is 0 Å².